The van der Waals surface area contributed by atoms with Crippen molar-refractivity contribution in [1.29, 1.82) is 0 Å². The van der Waals surface area contributed by atoms with Crippen molar-refractivity contribution in [2.45, 2.75) is 0 Å². The summed E-state index contributed by atoms with van der Waals surface area (Å²) in [6.45, 7) is 0. The van der Waals surface area contributed by atoms with Crippen molar-refractivity contribution < 1.29 is 4.39 Å². The zero-order valence-electron chi connectivity index (χ0n) is 4.24. The highest BCUT2D eigenvalue weighted by Crippen LogP contribution is 2.14. The quantitative estimate of drug-likeness (QED) is 0.514. The summed E-state index contributed by atoms with van der Waals surface area (Å²) in [5.41, 5.74) is 0. The average Bonchev–Trinajstić information content (AvgIpc) is 1.80. The van der Waals surface area contributed by atoms with Gasteiger partial charge in [-0.1, -0.05) is 11.6 Å². The van der Waals surface area contributed by atoms with E-state index in [1.165, 1.54) is 6.07 Å². The van der Waals surface area contributed by atoms with E-state index < -0.39 is 5.82 Å². The fourth-order valence-electron chi connectivity index (χ4n) is 0.391. The maximum Gasteiger partial charge on any atom is 0.160 e. The first kappa shape index (κ1) is 7.21. The lowest BCUT2D eigenvalue weighted by Crippen LogP contribution is -1.82. The molecular formula is C5H2ClFIN. The van der Waals surface area contributed by atoms with Crippen molar-refractivity contribution in [2.75, 3.05) is 0 Å². The predicted octanol–water partition coefficient (Wildman–Crippen LogP) is 2.48. The van der Waals surface area contributed by atoms with E-state index in [9.17, 15) is 4.39 Å². The van der Waals surface area contributed by atoms with E-state index in [1.807, 2.05) is 22.6 Å². The molecule has 0 spiro atoms. The maximum absolute atomic E-state index is 12.3. The highest BCUT2D eigenvalue weighted by atomic mass is 127. The highest BCUT2D eigenvalue weighted by Gasteiger charge is 1.97. The summed E-state index contributed by atoms with van der Waals surface area (Å²) in [5, 5.41) is 0.120. The van der Waals surface area contributed by atoms with Gasteiger partial charge < -0.3 is 0 Å². The number of aromatic nitrogens is 1. The SMILES string of the molecule is Fc1cnc(I)cc1Cl. The van der Waals surface area contributed by atoms with Crippen molar-refractivity contribution in [3.05, 3.63) is 26.8 Å². The van der Waals surface area contributed by atoms with Crippen LogP contribution in [0.4, 0.5) is 4.39 Å². The minimum Gasteiger partial charge on any atom is -0.247 e. The molecule has 0 aliphatic carbocycles. The van der Waals surface area contributed by atoms with Crippen molar-refractivity contribution >= 4 is 34.2 Å². The average molecular weight is 257 g/mol. The van der Waals surface area contributed by atoms with Crippen LogP contribution in [0.15, 0.2) is 12.3 Å². The Morgan fingerprint density at radius 3 is 2.78 bits per heavy atom. The number of rotatable bonds is 0. The molecule has 0 amide bonds. The van der Waals surface area contributed by atoms with Crippen LogP contribution in [-0.2, 0) is 0 Å². The molecular weight excluding hydrogens is 255 g/mol. The van der Waals surface area contributed by atoms with E-state index in [-0.39, 0.29) is 5.02 Å². The standard InChI is InChI=1S/C5H2ClFIN/c6-3-1-5(8)9-2-4(3)7/h1-2H. The fraction of sp³-hybridized carbons (Fsp3) is 0. The Morgan fingerprint density at radius 2 is 2.33 bits per heavy atom. The van der Waals surface area contributed by atoms with Crippen LogP contribution in [0.3, 0.4) is 0 Å². The zero-order valence-corrected chi connectivity index (χ0v) is 7.15. The molecule has 0 aliphatic heterocycles. The van der Waals surface area contributed by atoms with E-state index in [2.05, 4.69) is 4.98 Å². The van der Waals surface area contributed by atoms with E-state index in [0.717, 1.165) is 6.20 Å². The van der Waals surface area contributed by atoms with E-state index in [1.54, 1.807) is 0 Å². The van der Waals surface area contributed by atoms with Gasteiger partial charge in [-0.2, -0.15) is 0 Å². The number of halogens is 3. The Morgan fingerprint density at radius 1 is 1.67 bits per heavy atom. The Bertz CT molecular complexity index is 228. The molecule has 9 heavy (non-hydrogen) atoms. The Kier molecular flexibility index (Phi) is 2.23. The number of pyridine rings is 1. The van der Waals surface area contributed by atoms with Crippen LogP contribution < -0.4 is 0 Å². The van der Waals surface area contributed by atoms with Gasteiger partial charge in [0.25, 0.3) is 0 Å². The smallest absolute Gasteiger partial charge is 0.160 e. The van der Waals surface area contributed by atoms with Crippen LogP contribution >= 0.6 is 34.2 Å². The summed E-state index contributed by atoms with van der Waals surface area (Å²) in [6.07, 6.45) is 1.10. The lowest BCUT2D eigenvalue weighted by atomic mass is 10.5. The first-order valence-corrected chi connectivity index (χ1v) is 3.62. The molecule has 1 nitrogen and oxygen atoms in total. The van der Waals surface area contributed by atoms with Gasteiger partial charge in [-0.25, -0.2) is 9.37 Å². The Hall–Kier alpha value is 0.1000. The van der Waals surface area contributed by atoms with Crippen molar-refractivity contribution in [1.82, 2.24) is 4.98 Å². The van der Waals surface area contributed by atoms with Crippen LogP contribution in [0.1, 0.15) is 0 Å². The summed E-state index contributed by atoms with van der Waals surface area (Å²) >= 11 is 7.35. The molecule has 1 aromatic heterocycles. The topological polar surface area (TPSA) is 12.9 Å². The Balaban J connectivity index is 3.17. The van der Waals surface area contributed by atoms with Gasteiger partial charge in [0, 0.05) is 0 Å². The van der Waals surface area contributed by atoms with Gasteiger partial charge >= 0.3 is 0 Å². The third-order valence-electron chi connectivity index (χ3n) is 0.775. The van der Waals surface area contributed by atoms with Crippen LogP contribution in [0.25, 0.3) is 0 Å². The molecule has 4 heteroatoms. The molecule has 1 aromatic rings. The van der Waals surface area contributed by atoms with E-state index >= 15 is 0 Å². The van der Waals surface area contributed by atoms with Gasteiger partial charge in [0.15, 0.2) is 5.82 Å². The van der Waals surface area contributed by atoms with Gasteiger partial charge in [0.2, 0.25) is 0 Å². The van der Waals surface area contributed by atoms with Crippen LogP contribution in [-0.4, -0.2) is 4.98 Å². The third-order valence-corrected chi connectivity index (χ3v) is 1.65. The minimum atomic E-state index is -0.475. The second kappa shape index (κ2) is 2.79. The van der Waals surface area contributed by atoms with Gasteiger partial charge in [0.1, 0.15) is 3.70 Å². The van der Waals surface area contributed by atoms with Crippen molar-refractivity contribution in [3.8, 4) is 0 Å². The molecule has 48 valence electrons. The molecule has 0 fully saturated rings. The molecule has 0 atom stereocenters. The molecule has 0 saturated heterocycles. The van der Waals surface area contributed by atoms with Gasteiger partial charge in [-0.05, 0) is 28.7 Å². The second-order valence-electron chi connectivity index (χ2n) is 1.42. The summed E-state index contributed by atoms with van der Waals surface area (Å²) in [6, 6.07) is 1.47. The molecule has 0 bridgehead atoms. The molecule has 0 unspecified atom stereocenters. The molecule has 1 heterocycles. The largest absolute Gasteiger partial charge is 0.247 e. The summed E-state index contributed by atoms with van der Waals surface area (Å²) in [7, 11) is 0. The minimum absolute atomic E-state index is 0.120. The van der Waals surface area contributed by atoms with Crippen LogP contribution in [0, 0.1) is 9.52 Å². The second-order valence-corrected chi connectivity index (χ2v) is 2.93. The zero-order chi connectivity index (χ0) is 6.85. The molecule has 0 radical (unpaired) electrons. The predicted molar refractivity (Wildman–Crippen MR) is 41.9 cm³/mol. The van der Waals surface area contributed by atoms with E-state index in [4.69, 9.17) is 11.6 Å². The first-order valence-electron chi connectivity index (χ1n) is 2.16. The van der Waals surface area contributed by atoms with E-state index in [0.29, 0.717) is 3.70 Å². The highest BCUT2D eigenvalue weighted by molar-refractivity contribution is 14.1. The lowest BCUT2D eigenvalue weighted by molar-refractivity contribution is 0.621. The molecule has 1 rings (SSSR count). The lowest BCUT2D eigenvalue weighted by Gasteiger charge is -1.90. The van der Waals surface area contributed by atoms with Gasteiger partial charge in [-0.3, -0.25) is 0 Å². The number of hydrogen-bond acceptors (Lipinski definition) is 1. The third kappa shape index (κ3) is 1.76. The summed E-state index contributed by atoms with van der Waals surface area (Å²) in [4.78, 5) is 3.67. The molecule has 0 aliphatic rings. The Labute approximate surface area is 70.4 Å². The van der Waals surface area contributed by atoms with Crippen LogP contribution in [0.5, 0.6) is 0 Å². The fourth-order valence-corrected chi connectivity index (χ4v) is 1.18. The first-order chi connectivity index (χ1) is 4.20. The summed E-state index contributed by atoms with van der Waals surface area (Å²) in [5.74, 6) is -0.475. The van der Waals surface area contributed by atoms with Crippen LogP contribution in [0.2, 0.25) is 5.02 Å². The maximum atomic E-state index is 12.3. The number of hydrogen-bond donors (Lipinski definition) is 0. The molecule has 0 aromatic carbocycles. The normalized spacial score (nSPS) is 9.67. The van der Waals surface area contributed by atoms with Crippen molar-refractivity contribution in [2.24, 2.45) is 0 Å². The molecule has 0 N–H and O–H groups in total. The van der Waals surface area contributed by atoms with Gasteiger partial charge in [-0.15, -0.1) is 0 Å². The summed E-state index contributed by atoms with van der Waals surface area (Å²) < 4.78 is 13.0. The van der Waals surface area contributed by atoms with Crippen molar-refractivity contribution in [3.63, 3.8) is 0 Å². The molecule has 0 saturated carbocycles. The number of nitrogens with zero attached hydrogens (tertiary/aromatic N) is 1. The van der Waals surface area contributed by atoms with Gasteiger partial charge in [0.05, 0.1) is 11.2 Å². The monoisotopic (exact) mass is 257 g/mol.